The number of nitrogens with zero attached hydrogens (tertiary/aromatic N) is 1. The van der Waals surface area contributed by atoms with Crippen molar-refractivity contribution in [3.8, 4) is 0 Å². The molecule has 0 N–H and O–H groups in total. The van der Waals surface area contributed by atoms with E-state index in [0.29, 0.717) is 12.8 Å². The summed E-state index contributed by atoms with van der Waals surface area (Å²) in [7, 11) is 0. The van der Waals surface area contributed by atoms with Crippen molar-refractivity contribution < 1.29 is 19.1 Å². The first-order valence-electron chi connectivity index (χ1n) is 23.1. The van der Waals surface area contributed by atoms with Gasteiger partial charge in [-0.25, -0.2) is 0 Å². The van der Waals surface area contributed by atoms with E-state index in [0.717, 1.165) is 57.9 Å². The van der Waals surface area contributed by atoms with Crippen molar-refractivity contribution in [2.24, 2.45) is 0 Å². The molecule has 51 heavy (non-hydrogen) atoms. The van der Waals surface area contributed by atoms with Gasteiger partial charge in [-0.3, -0.25) is 9.59 Å². The minimum Gasteiger partial charge on any atom is -0.462 e. The third-order valence-electron chi connectivity index (χ3n) is 10.8. The number of rotatable bonds is 41. The van der Waals surface area contributed by atoms with E-state index in [9.17, 15) is 9.59 Å². The van der Waals surface area contributed by atoms with Crippen molar-refractivity contribution >= 4 is 11.9 Å². The summed E-state index contributed by atoms with van der Waals surface area (Å²) >= 11 is 0. The van der Waals surface area contributed by atoms with Gasteiger partial charge in [0.05, 0.1) is 0 Å². The van der Waals surface area contributed by atoms with Gasteiger partial charge in [0, 0.05) is 12.8 Å². The van der Waals surface area contributed by atoms with Crippen molar-refractivity contribution in [2.45, 2.75) is 265 Å². The number of unbranched alkanes of at least 4 members (excludes halogenated alkanes) is 23. The first-order chi connectivity index (χ1) is 25.0. The van der Waals surface area contributed by atoms with E-state index in [1.54, 1.807) is 0 Å². The molecule has 0 aliphatic rings. The summed E-state index contributed by atoms with van der Waals surface area (Å²) in [6.45, 7) is 14.7. The van der Waals surface area contributed by atoms with Crippen LogP contribution in [0, 0.1) is 0 Å². The number of ether oxygens (including phenoxy) is 2. The highest BCUT2D eigenvalue weighted by molar-refractivity contribution is 5.69. The number of carbonyl (C=O) groups excluding carboxylic acids is 2. The van der Waals surface area contributed by atoms with Gasteiger partial charge in [0.25, 0.3) is 0 Å². The van der Waals surface area contributed by atoms with Crippen LogP contribution in [0.25, 0.3) is 0 Å². The zero-order valence-corrected chi connectivity index (χ0v) is 35.4. The summed E-state index contributed by atoms with van der Waals surface area (Å²) in [6.07, 6.45) is 40.3. The molecule has 0 aromatic heterocycles. The maximum Gasteiger partial charge on any atom is 0.306 e. The minimum absolute atomic E-state index is 0.0103. The van der Waals surface area contributed by atoms with Crippen molar-refractivity contribution in [3.05, 3.63) is 0 Å². The predicted molar refractivity (Wildman–Crippen MR) is 222 cm³/mol. The molecule has 0 heterocycles. The molecule has 0 fully saturated rings. The summed E-state index contributed by atoms with van der Waals surface area (Å²) < 4.78 is 11.8. The van der Waals surface area contributed by atoms with Gasteiger partial charge < -0.3 is 14.4 Å². The molecule has 1 atom stereocenters. The van der Waals surface area contributed by atoms with Crippen LogP contribution in [0.3, 0.4) is 0 Å². The molecular weight excluding hydrogens is 631 g/mol. The van der Waals surface area contributed by atoms with E-state index < -0.39 is 0 Å². The fraction of sp³-hybridized carbons (Fsp3) is 0.957. The van der Waals surface area contributed by atoms with Gasteiger partial charge in [0.1, 0.15) is 12.2 Å². The highest BCUT2D eigenvalue weighted by atomic mass is 16.5. The first kappa shape index (κ1) is 49.9. The van der Waals surface area contributed by atoms with Gasteiger partial charge >= 0.3 is 11.9 Å². The lowest BCUT2D eigenvalue weighted by atomic mass is 10.0. The average molecular weight is 722 g/mol. The van der Waals surface area contributed by atoms with Gasteiger partial charge in [-0.15, -0.1) is 0 Å². The molecule has 0 aromatic rings. The Bertz CT molecular complexity index is 712. The fourth-order valence-electron chi connectivity index (χ4n) is 7.25. The van der Waals surface area contributed by atoms with Crippen LogP contribution in [-0.2, 0) is 19.1 Å². The highest BCUT2D eigenvalue weighted by Gasteiger charge is 2.15. The summed E-state index contributed by atoms with van der Waals surface area (Å²) in [5, 5.41) is 0. The second kappa shape index (κ2) is 40.1. The van der Waals surface area contributed by atoms with Gasteiger partial charge in [0.2, 0.25) is 0 Å². The Balaban J connectivity index is 3.95. The molecule has 304 valence electrons. The molecule has 0 amide bonds. The summed E-state index contributed by atoms with van der Waals surface area (Å²) in [6, 6.07) is 0. The number of hydrogen-bond acceptors (Lipinski definition) is 5. The number of hydrogen-bond donors (Lipinski definition) is 0. The Labute approximate surface area is 319 Å². The number of esters is 2. The largest absolute Gasteiger partial charge is 0.462 e. The lowest BCUT2D eigenvalue weighted by molar-refractivity contribution is -0.150. The standard InChI is InChI=1S/C46H91NO4/c1-6-11-14-17-22-29-36-43(9-4)50-45(48)39-32-25-20-27-34-41-47(10-5)42-35-28-21-26-33-40-46(49)51-44(37-30-23-18-15-12-7-2)38-31-24-19-16-13-8-3/h43-44H,6-42H2,1-5H3. The summed E-state index contributed by atoms with van der Waals surface area (Å²) in [5.74, 6) is 0.0501. The van der Waals surface area contributed by atoms with E-state index in [4.69, 9.17) is 9.47 Å². The smallest absolute Gasteiger partial charge is 0.306 e. The fourth-order valence-corrected chi connectivity index (χ4v) is 7.25. The molecule has 0 aliphatic heterocycles. The van der Waals surface area contributed by atoms with Gasteiger partial charge in [0.15, 0.2) is 0 Å². The van der Waals surface area contributed by atoms with Crippen molar-refractivity contribution in [1.82, 2.24) is 4.90 Å². The lowest BCUT2D eigenvalue weighted by Gasteiger charge is -2.20. The van der Waals surface area contributed by atoms with E-state index >= 15 is 0 Å². The normalized spacial score (nSPS) is 12.2. The molecule has 0 bridgehead atoms. The van der Waals surface area contributed by atoms with E-state index in [2.05, 4.69) is 39.5 Å². The van der Waals surface area contributed by atoms with Gasteiger partial charge in [-0.2, -0.15) is 0 Å². The molecule has 0 spiro atoms. The topological polar surface area (TPSA) is 55.8 Å². The van der Waals surface area contributed by atoms with Crippen LogP contribution in [-0.4, -0.2) is 48.7 Å². The van der Waals surface area contributed by atoms with E-state index in [1.807, 2.05) is 0 Å². The van der Waals surface area contributed by atoms with E-state index in [1.165, 1.54) is 167 Å². The quantitative estimate of drug-likeness (QED) is 0.0465. The first-order valence-corrected chi connectivity index (χ1v) is 23.1. The molecule has 0 saturated heterocycles. The van der Waals surface area contributed by atoms with Crippen molar-refractivity contribution in [2.75, 3.05) is 19.6 Å². The maximum atomic E-state index is 12.7. The Morgan fingerprint density at radius 3 is 1.08 bits per heavy atom. The summed E-state index contributed by atoms with van der Waals surface area (Å²) in [4.78, 5) is 27.6. The number of carbonyl (C=O) groups is 2. The molecule has 0 rings (SSSR count). The zero-order chi connectivity index (χ0) is 37.5. The average Bonchev–Trinajstić information content (AvgIpc) is 3.13. The molecule has 1 unspecified atom stereocenters. The zero-order valence-electron chi connectivity index (χ0n) is 35.4. The third kappa shape index (κ3) is 35.7. The predicted octanol–water partition coefficient (Wildman–Crippen LogP) is 14.5. The van der Waals surface area contributed by atoms with Crippen LogP contribution in [0.15, 0.2) is 0 Å². The molecule has 0 saturated carbocycles. The van der Waals surface area contributed by atoms with Crippen LogP contribution in [0.1, 0.15) is 253 Å². The molecule has 0 aromatic carbocycles. The van der Waals surface area contributed by atoms with Crippen LogP contribution in [0.5, 0.6) is 0 Å². The molecular formula is C46H91NO4. The van der Waals surface area contributed by atoms with Gasteiger partial charge in [-0.05, 0) is 90.3 Å². The monoisotopic (exact) mass is 722 g/mol. The Hall–Kier alpha value is -1.10. The molecule has 0 aliphatic carbocycles. The molecule has 5 nitrogen and oxygen atoms in total. The molecule has 0 radical (unpaired) electrons. The Morgan fingerprint density at radius 2 is 0.706 bits per heavy atom. The SMILES string of the molecule is CCCCCCCCC(CC)OC(=O)CCCCCCCN(CC)CCCCCCCC(=O)OC(CCCCCCCC)CCCCCCCC. The lowest BCUT2D eigenvalue weighted by Crippen LogP contribution is -2.25. The van der Waals surface area contributed by atoms with Crippen LogP contribution in [0.2, 0.25) is 0 Å². The van der Waals surface area contributed by atoms with Crippen molar-refractivity contribution in [3.63, 3.8) is 0 Å². The maximum absolute atomic E-state index is 12.7. The molecule has 5 heteroatoms. The Kier molecular flexibility index (Phi) is 39.2. The summed E-state index contributed by atoms with van der Waals surface area (Å²) in [5.41, 5.74) is 0. The van der Waals surface area contributed by atoms with Crippen molar-refractivity contribution in [1.29, 1.82) is 0 Å². The Morgan fingerprint density at radius 1 is 0.392 bits per heavy atom. The highest BCUT2D eigenvalue weighted by Crippen LogP contribution is 2.19. The van der Waals surface area contributed by atoms with Gasteiger partial charge in [-0.1, -0.05) is 169 Å². The minimum atomic E-state index is 0.0103. The third-order valence-corrected chi connectivity index (χ3v) is 10.8. The second-order valence-electron chi connectivity index (χ2n) is 15.8. The van der Waals surface area contributed by atoms with Crippen LogP contribution < -0.4 is 0 Å². The van der Waals surface area contributed by atoms with Crippen LogP contribution in [0.4, 0.5) is 0 Å². The van der Waals surface area contributed by atoms with E-state index in [-0.39, 0.29) is 24.1 Å². The van der Waals surface area contributed by atoms with Crippen LogP contribution >= 0.6 is 0 Å². The second-order valence-corrected chi connectivity index (χ2v) is 15.8.